The SMILES string of the molecule is O=C([O-])CS[C@H](C(=O)Nc1ccc(Cl)cc1)c1ccccc1. The first-order chi connectivity index (χ1) is 10.6. The maximum atomic E-state index is 12.4. The molecule has 114 valence electrons. The number of rotatable bonds is 6. The smallest absolute Gasteiger partial charge is 0.242 e. The number of aliphatic carboxylic acids is 1. The number of carbonyl (C=O) groups is 2. The van der Waals surface area contributed by atoms with Gasteiger partial charge in [0.25, 0.3) is 0 Å². The minimum absolute atomic E-state index is 0.256. The first kappa shape index (κ1) is 16.4. The van der Waals surface area contributed by atoms with Crippen LogP contribution in [0.4, 0.5) is 5.69 Å². The van der Waals surface area contributed by atoms with Crippen molar-refractivity contribution in [3.8, 4) is 0 Å². The van der Waals surface area contributed by atoms with Gasteiger partial charge in [0.1, 0.15) is 5.25 Å². The van der Waals surface area contributed by atoms with Crippen molar-refractivity contribution in [3.63, 3.8) is 0 Å². The summed E-state index contributed by atoms with van der Waals surface area (Å²) in [6.07, 6.45) is 0. The quantitative estimate of drug-likeness (QED) is 0.881. The number of nitrogens with one attached hydrogen (secondary N) is 1. The highest BCUT2D eigenvalue weighted by atomic mass is 35.5. The minimum Gasteiger partial charge on any atom is -0.549 e. The summed E-state index contributed by atoms with van der Waals surface area (Å²) in [6, 6.07) is 15.7. The van der Waals surface area contributed by atoms with Crippen molar-refractivity contribution in [3.05, 3.63) is 65.2 Å². The lowest BCUT2D eigenvalue weighted by molar-refractivity contribution is -0.301. The number of halogens is 1. The van der Waals surface area contributed by atoms with E-state index in [1.165, 1.54) is 0 Å². The van der Waals surface area contributed by atoms with Gasteiger partial charge in [-0.25, -0.2) is 0 Å². The van der Waals surface area contributed by atoms with Gasteiger partial charge in [0.05, 0.1) is 5.97 Å². The molecule has 1 atom stereocenters. The Balaban J connectivity index is 2.14. The molecule has 0 unspecified atom stereocenters. The fraction of sp³-hybridized carbons (Fsp3) is 0.125. The fourth-order valence-corrected chi connectivity index (χ4v) is 2.83. The largest absolute Gasteiger partial charge is 0.549 e. The minimum atomic E-state index is -1.20. The van der Waals surface area contributed by atoms with Gasteiger partial charge in [-0.1, -0.05) is 41.9 Å². The molecule has 4 nitrogen and oxygen atoms in total. The van der Waals surface area contributed by atoms with Crippen LogP contribution in [0.15, 0.2) is 54.6 Å². The molecule has 0 aliphatic heterocycles. The first-order valence-corrected chi connectivity index (χ1v) is 7.92. The zero-order valence-electron chi connectivity index (χ0n) is 11.5. The molecule has 22 heavy (non-hydrogen) atoms. The van der Waals surface area contributed by atoms with E-state index in [4.69, 9.17) is 11.6 Å². The molecule has 0 spiro atoms. The number of hydrogen-bond acceptors (Lipinski definition) is 4. The van der Waals surface area contributed by atoms with Crippen molar-refractivity contribution < 1.29 is 14.7 Å². The normalized spacial score (nSPS) is 11.7. The van der Waals surface area contributed by atoms with Crippen molar-refractivity contribution in [1.82, 2.24) is 0 Å². The lowest BCUT2D eigenvalue weighted by Gasteiger charge is -2.17. The second kappa shape index (κ2) is 7.87. The molecule has 0 aliphatic rings. The first-order valence-electron chi connectivity index (χ1n) is 6.49. The van der Waals surface area contributed by atoms with Crippen LogP contribution in [0.1, 0.15) is 10.8 Å². The van der Waals surface area contributed by atoms with E-state index in [0.717, 1.165) is 17.3 Å². The molecule has 0 saturated carbocycles. The molecule has 0 fully saturated rings. The van der Waals surface area contributed by atoms with Crippen molar-refractivity contribution in [1.29, 1.82) is 0 Å². The van der Waals surface area contributed by atoms with Crippen LogP contribution in [-0.4, -0.2) is 17.6 Å². The number of anilines is 1. The van der Waals surface area contributed by atoms with Crippen LogP contribution < -0.4 is 10.4 Å². The summed E-state index contributed by atoms with van der Waals surface area (Å²) in [7, 11) is 0. The van der Waals surface area contributed by atoms with E-state index in [9.17, 15) is 14.7 Å². The number of carboxylic acids is 1. The van der Waals surface area contributed by atoms with Crippen LogP contribution in [0, 0.1) is 0 Å². The average Bonchev–Trinajstić information content (AvgIpc) is 2.50. The number of hydrogen-bond donors (Lipinski definition) is 1. The van der Waals surface area contributed by atoms with Gasteiger partial charge in [0.15, 0.2) is 0 Å². The maximum Gasteiger partial charge on any atom is 0.242 e. The van der Waals surface area contributed by atoms with Gasteiger partial charge in [-0.2, -0.15) is 0 Å². The average molecular weight is 335 g/mol. The molecule has 0 saturated heterocycles. The molecular weight excluding hydrogens is 322 g/mol. The van der Waals surface area contributed by atoms with Crippen LogP contribution in [0.5, 0.6) is 0 Å². The van der Waals surface area contributed by atoms with Crippen LogP contribution in [0.3, 0.4) is 0 Å². The summed E-state index contributed by atoms with van der Waals surface area (Å²) in [5, 5.41) is 13.4. The highest BCUT2D eigenvalue weighted by molar-refractivity contribution is 8.00. The monoisotopic (exact) mass is 334 g/mol. The van der Waals surface area contributed by atoms with Crippen LogP contribution >= 0.6 is 23.4 Å². The van der Waals surface area contributed by atoms with Crippen molar-refractivity contribution in [2.45, 2.75) is 5.25 Å². The number of amides is 1. The molecule has 0 aromatic heterocycles. The van der Waals surface area contributed by atoms with E-state index < -0.39 is 11.2 Å². The lowest BCUT2D eigenvalue weighted by Crippen LogP contribution is -2.27. The van der Waals surface area contributed by atoms with Gasteiger partial charge in [0.2, 0.25) is 5.91 Å². The summed E-state index contributed by atoms with van der Waals surface area (Å²) in [5.74, 6) is -1.75. The second-order valence-corrected chi connectivity index (χ2v) is 6.00. The van der Waals surface area contributed by atoms with Gasteiger partial charge in [-0.3, -0.25) is 4.79 Å². The summed E-state index contributed by atoms with van der Waals surface area (Å²) in [5.41, 5.74) is 1.34. The molecule has 1 amide bonds. The summed E-state index contributed by atoms with van der Waals surface area (Å²) in [6.45, 7) is 0. The van der Waals surface area contributed by atoms with Crippen LogP contribution in [0.2, 0.25) is 5.02 Å². The standard InChI is InChI=1S/C16H14ClNO3S/c17-12-6-8-13(9-7-12)18-16(21)15(22-10-14(19)20)11-4-2-1-3-5-11/h1-9,15H,10H2,(H,18,21)(H,19,20)/p-1/t15-/m0/s1. The zero-order chi connectivity index (χ0) is 15.9. The fourth-order valence-electron chi connectivity index (χ4n) is 1.84. The molecule has 2 aromatic carbocycles. The summed E-state index contributed by atoms with van der Waals surface area (Å²) >= 11 is 6.82. The highest BCUT2D eigenvalue weighted by Gasteiger charge is 2.21. The summed E-state index contributed by atoms with van der Waals surface area (Å²) in [4.78, 5) is 23.1. The van der Waals surface area contributed by atoms with Crippen molar-refractivity contribution in [2.75, 3.05) is 11.1 Å². The Kier molecular flexibility index (Phi) is 5.86. The molecular formula is C16H13ClNO3S-. The molecule has 2 rings (SSSR count). The van der Waals surface area contributed by atoms with Gasteiger partial charge in [0, 0.05) is 16.5 Å². The molecule has 2 aromatic rings. The van der Waals surface area contributed by atoms with Crippen molar-refractivity contribution >= 4 is 40.9 Å². The Morgan fingerprint density at radius 3 is 2.32 bits per heavy atom. The van der Waals surface area contributed by atoms with E-state index in [2.05, 4.69) is 5.32 Å². The third kappa shape index (κ3) is 4.79. The van der Waals surface area contributed by atoms with Gasteiger partial charge in [-0.15, -0.1) is 11.8 Å². The molecule has 0 bridgehead atoms. The molecule has 1 N–H and O–H groups in total. The Bertz CT molecular complexity index is 646. The predicted octanol–water partition coefficient (Wildman–Crippen LogP) is 2.50. The Hall–Kier alpha value is -1.98. The van der Waals surface area contributed by atoms with Gasteiger partial charge in [-0.05, 0) is 29.8 Å². The van der Waals surface area contributed by atoms with Crippen LogP contribution in [-0.2, 0) is 9.59 Å². The number of carboxylic acid groups (broad SMARTS) is 1. The van der Waals surface area contributed by atoms with E-state index in [0.29, 0.717) is 10.7 Å². The topological polar surface area (TPSA) is 69.2 Å². The third-order valence-corrected chi connectivity index (χ3v) is 4.29. The van der Waals surface area contributed by atoms with E-state index >= 15 is 0 Å². The molecule has 0 radical (unpaired) electrons. The van der Waals surface area contributed by atoms with Crippen molar-refractivity contribution in [2.24, 2.45) is 0 Å². The lowest BCUT2D eigenvalue weighted by atomic mass is 10.1. The molecule has 0 heterocycles. The molecule has 0 aliphatic carbocycles. The summed E-state index contributed by atoms with van der Waals surface area (Å²) < 4.78 is 0. The Morgan fingerprint density at radius 2 is 1.73 bits per heavy atom. The van der Waals surface area contributed by atoms with Crippen LogP contribution in [0.25, 0.3) is 0 Å². The Labute approximate surface area is 137 Å². The number of thioether (sulfide) groups is 1. The highest BCUT2D eigenvalue weighted by Crippen LogP contribution is 2.30. The maximum absolute atomic E-state index is 12.4. The van der Waals surface area contributed by atoms with E-state index in [1.54, 1.807) is 48.5 Å². The second-order valence-electron chi connectivity index (χ2n) is 4.47. The van der Waals surface area contributed by atoms with Gasteiger partial charge < -0.3 is 15.2 Å². The third-order valence-electron chi connectivity index (χ3n) is 2.82. The van der Waals surface area contributed by atoms with Gasteiger partial charge >= 0.3 is 0 Å². The number of carbonyl (C=O) groups excluding carboxylic acids is 2. The molecule has 6 heteroatoms. The van der Waals surface area contributed by atoms with E-state index in [1.807, 2.05) is 6.07 Å². The predicted molar refractivity (Wildman–Crippen MR) is 86.7 cm³/mol. The van der Waals surface area contributed by atoms with E-state index in [-0.39, 0.29) is 11.7 Å². The number of benzene rings is 2. The zero-order valence-corrected chi connectivity index (χ0v) is 13.1. The Morgan fingerprint density at radius 1 is 1.09 bits per heavy atom.